The minimum Gasteiger partial charge on any atom is -0.377 e. The number of carbonyl (C=O) groups excluding carboxylic acids is 1. The molecule has 2 aliphatic heterocycles. The number of benzene rings is 4. The zero-order valence-electron chi connectivity index (χ0n) is 33.8. The maximum Gasteiger partial charge on any atom is 0.197 e. The largest absolute Gasteiger partial charge is 0.377 e. The first-order valence-corrected chi connectivity index (χ1v) is 20.6. The lowest BCUT2D eigenvalue weighted by molar-refractivity contribution is 0.0940. The molecule has 10 rings (SSSR count). The molecule has 2 fully saturated rings. The lowest BCUT2D eigenvalue weighted by Gasteiger charge is -2.39. The van der Waals surface area contributed by atoms with Crippen LogP contribution in [0.4, 0.5) is 11.4 Å². The summed E-state index contributed by atoms with van der Waals surface area (Å²) in [5.74, 6) is -0.212. The highest BCUT2D eigenvalue weighted by Crippen LogP contribution is 2.36. The Morgan fingerprint density at radius 1 is 0.532 bits per heavy atom. The van der Waals surface area contributed by atoms with E-state index in [0.29, 0.717) is 74.9 Å². The Morgan fingerprint density at radius 2 is 0.984 bits per heavy atom. The van der Waals surface area contributed by atoms with Crippen molar-refractivity contribution >= 4 is 17.2 Å². The van der Waals surface area contributed by atoms with Gasteiger partial charge in [0, 0.05) is 36.6 Å². The minimum absolute atomic E-state index is 0.0488. The van der Waals surface area contributed by atoms with Crippen molar-refractivity contribution in [3.8, 4) is 33.9 Å². The summed E-state index contributed by atoms with van der Waals surface area (Å²) in [6.07, 6.45) is 11.2. The van der Waals surface area contributed by atoms with Crippen LogP contribution in [0.2, 0.25) is 0 Å². The minimum atomic E-state index is -0.212. The maximum absolute atomic E-state index is 15.4. The highest BCUT2D eigenvalue weighted by molar-refractivity contribution is 6.15. The van der Waals surface area contributed by atoms with E-state index >= 15 is 4.79 Å². The molecule has 15 heteroatoms. The molecule has 4 aromatic heterocycles. The number of aromatic nitrogens is 10. The summed E-state index contributed by atoms with van der Waals surface area (Å²) in [6, 6.07) is 35.9. The first-order chi connectivity index (χ1) is 30.7. The third-order valence-corrected chi connectivity index (χ3v) is 11.4. The number of nitrogens with zero attached hydrogens (tertiary/aromatic N) is 12. The molecule has 4 aromatic carbocycles. The molecule has 0 saturated carbocycles. The lowest BCUT2D eigenvalue weighted by atomic mass is 9.95. The van der Waals surface area contributed by atoms with Crippen molar-refractivity contribution < 1.29 is 14.3 Å². The van der Waals surface area contributed by atoms with Crippen molar-refractivity contribution in [3.05, 3.63) is 169 Å². The Bertz CT molecular complexity index is 2580. The number of para-hydroxylation sites is 2. The Morgan fingerprint density at radius 3 is 1.42 bits per heavy atom. The van der Waals surface area contributed by atoms with Crippen LogP contribution in [0.1, 0.15) is 27.0 Å². The number of ketones is 1. The second kappa shape index (κ2) is 17.6. The Kier molecular flexibility index (Phi) is 11.0. The van der Waals surface area contributed by atoms with Gasteiger partial charge in [-0.05, 0) is 84.6 Å². The Labute approximate surface area is 357 Å². The van der Waals surface area contributed by atoms with Crippen LogP contribution in [0.3, 0.4) is 0 Å². The van der Waals surface area contributed by atoms with Gasteiger partial charge >= 0.3 is 0 Å². The van der Waals surface area contributed by atoms with E-state index in [-0.39, 0.29) is 17.9 Å². The topological polar surface area (TPSA) is 155 Å². The summed E-state index contributed by atoms with van der Waals surface area (Å²) >= 11 is 0. The first-order valence-electron chi connectivity index (χ1n) is 20.6. The van der Waals surface area contributed by atoms with Crippen molar-refractivity contribution in [1.82, 2.24) is 50.4 Å². The highest BCUT2D eigenvalue weighted by Gasteiger charge is 2.33. The third-order valence-electron chi connectivity index (χ3n) is 11.4. The van der Waals surface area contributed by atoms with Gasteiger partial charge in [0.25, 0.3) is 0 Å². The van der Waals surface area contributed by atoms with Gasteiger partial charge in [0.05, 0.1) is 97.2 Å². The van der Waals surface area contributed by atoms with E-state index < -0.39 is 0 Å². The number of carbonyl (C=O) groups is 1. The van der Waals surface area contributed by atoms with E-state index in [1.807, 2.05) is 84.9 Å². The van der Waals surface area contributed by atoms with Crippen LogP contribution in [0.25, 0.3) is 33.9 Å². The number of ether oxygens (including phenoxy) is 2. The van der Waals surface area contributed by atoms with Crippen molar-refractivity contribution in [1.29, 1.82) is 0 Å². The number of hydrogen-bond donors (Lipinski definition) is 0. The van der Waals surface area contributed by atoms with Crippen molar-refractivity contribution in [2.24, 2.45) is 0 Å². The fourth-order valence-electron chi connectivity index (χ4n) is 8.57. The molecular formula is C47H42N12O3. The van der Waals surface area contributed by atoms with Gasteiger partial charge in [-0.2, -0.15) is 40.8 Å². The standard InChI is InChI=1S/C47H42N12O3/c60-47(39-11-3-15-43(45(39)58-50-19-20-51-58)56-23-25-61-31-37(56)29-33-7-1-9-35(27-33)41-13-5-17-48-54-41)40-12-4-16-44(46(40)59-52-21-22-53-59)57-24-26-62-32-38(57)30-34-8-2-10-36(28-34)42-14-6-18-49-55-42/h1-22,27-28,37-38H,23-26,29-32H2/t37-,38-/m1/s1. The quantitative estimate of drug-likeness (QED) is 0.135. The molecule has 0 radical (unpaired) electrons. The summed E-state index contributed by atoms with van der Waals surface area (Å²) < 4.78 is 12.2. The molecule has 0 spiro atoms. The Balaban J connectivity index is 1.02. The molecule has 8 aromatic rings. The zero-order valence-corrected chi connectivity index (χ0v) is 33.8. The lowest BCUT2D eigenvalue weighted by Crippen LogP contribution is -2.47. The predicted molar refractivity (Wildman–Crippen MR) is 232 cm³/mol. The third kappa shape index (κ3) is 7.93. The average molecular weight is 823 g/mol. The fraction of sp³-hybridized carbons (Fsp3) is 0.213. The summed E-state index contributed by atoms with van der Waals surface area (Å²) in [5.41, 5.74) is 9.59. The van der Waals surface area contributed by atoms with Crippen LogP contribution in [-0.2, 0) is 22.3 Å². The second-order valence-corrected chi connectivity index (χ2v) is 15.2. The molecule has 2 aliphatic rings. The van der Waals surface area contributed by atoms with Crippen LogP contribution in [0.5, 0.6) is 0 Å². The van der Waals surface area contributed by atoms with Gasteiger partial charge in [-0.1, -0.05) is 48.5 Å². The second-order valence-electron chi connectivity index (χ2n) is 15.2. The van der Waals surface area contributed by atoms with E-state index in [1.165, 1.54) is 0 Å². The molecule has 2 atom stereocenters. The van der Waals surface area contributed by atoms with E-state index in [2.05, 4.69) is 74.9 Å². The molecule has 0 N–H and O–H groups in total. The first kappa shape index (κ1) is 38.7. The van der Waals surface area contributed by atoms with Crippen LogP contribution < -0.4 is 9.80 Å². The molecule has 0 amide bonds. The van der Waals surface area contributed by atoms with Gasteiger partial charge in [0.2, 0.25) is 0 Å². The normalized spacial score (nSPS) is 16.6. The van der Waals surface area contributed by atoms with Crippen LogP contribution in [0, 0.1) is 0 Å². The van der Waals surface area contributed by atoms with Gasteiger partial charge in [0.15, 0.2) is 5.78 Å². The van der Waals surface area contributed by atoms with Crippen molar-refractivity contribution in [2.45, 2.75) is 24.9 Å². The molecule has 308 valence electrons. The molecule has 2 saturated heterocycles. The van der Waals surface area contributed by atoms with Gasteiger partial charge in [-0.15, -0.1) is 9.59 Å². The molecule has 6 heterocycles. The smallest absolute Gasteiger partial charge is 0.197 e. The molecular weight excluding hydrogens is 781 g/mol. The number of morpholine rings is 2. The van der Waals surface area contributed by atoms with E-state index in [1.54, 1.807) is 46.8 Å². The molecule has 62 heavy (non-hydrogen) atoms. The Hall–Kier alpha value is -7.49. The molecule has 15 nitrogen and oxygen atoms in total. The summed E-state index contributed by atoms with van der Waals surface area (Å²) in [7, 11) is 0. The molecule has 0 bridgehead atoms. The van der Waals surface area contributed by atoms with E-state index in [4.69, 9.17) is 9.47 Å². The zero-order chi connectivity index (χ0) is 41.7. The average Bonchev–Trinajstić information content (AvgIpc) is 4.09. The van der Waals surface area contributed by atoms with Crippen molar-refractivity contribution in [2.75, 3.05) is 49.3 Å². The summed E-state index contributed by atoms with van der Waals surface area (Å²) in [4.78, 5) is 23.1. The van der Waals surface area contributed by atoms with Crippen LogP contribution in [0.15, 0.2) is 146 Å². The monoisotopic (exact) mass is 822 g/mol. The molecule has 0 unspecified atom stereocenters. The van der Waals surface area contributed by atoms with Gasteiger partial charge in [-0.3, -0.25) is 4.79 Å². The van der Waals surface area contributed by atoms with Crippen LogP contribution in [-0.4, -0.2) is 108 Å². The number of anilines is 2. The SMILES string of the molecule is O=C(c1cccc(N2CCOC[C@H]2Cc2cccc(-c3cccnn3)c2)c1-n1nccn1)c1cccc(N2CCOC[C@H]2Cc2cccc(-c3cccnn3)c2)c1-n1nccn1. The summed E-state index contributed by atoms with van der Waals surface area (Å²) in [5, 5.41) is 35.2. The van der Waals surface area contributed by atoms with Crippen LogP contribution >= 0.6 is 0 Å². The maximum atomic E-state index is 15.4. The van der Waals surface area contributed by atoms with E-state index in [9.17, 15) is 0 Å². The highest BCUT2D eigenvalue weighted by atomic mass is 16.5. The summed E-state index contributed by atoms with van der Waals surface area (Å²) in [6.45, 7) is 3.28. The van der Waals surface area contributed by atoms with E-state index in [0.717, 1.165) is 45.0 Å². The van der Waals surface area contributed by atoms with Gasteiger partial charge in [-0.25, -0.2) is 0 Å². The van der Waals surface area contributed by atoms with Gasteiger partial charge in [0.1, 0.15) is 11.4 Å². The predicted octanol–water partition coefficient (Wildman–Crippen LogP) is 5.89. The van der Waals surface area contributed by atoms with Gasteiger partial charge < -0.3 is 19.3 Å². The number of rotatable bonds is 12. The van der Waals surface area contributed by atoms with Crippen molar-refractivity contribution in [3.63, 3.8) is 0 Å². The number of hydrogen-bond acceptors (Lipinski definition) is 13. The molecule has 0 aliphatic carbocycles. The fourth-order valence-corrected chi connectivity index (χ4v) is 8.57.